The molecule has 0 saturated heterocycles. The standard InChI is InChI=1S/C21H29ClN4O2S/c1-14-12-16(22)10-11-18(14)28-15(2)20-24-25-21(26(20)3)29-13-19(27)23-17-8-6-4-5-7-9-17/h10-12,15,17H,4-9,13H2,1-3H3,(H,23,27). The third-order valence-corrected chi connectivity index (χ3v) is 6.48. The fraction of sp³-hybridized carbons (Fsp3) is 0.571. The van der Waals surface area contributed by atoms with Gasteiger partial charge in [-0.15, -0.1) is 10.2 Å². The maximum atomic E-state index is 12.3. The van der Waals surface area contributed by atoms with Gasteiger partial charge in [0.2, 0.25) is 5.91 Å². The van der Waals surface area contributed by atoms with Gasteiger partial charge in [0, 0.05) is 18.1 Å². The molecule has 0 bridgehead atoms. The number of rotatable bonds is 7. The van der Waals surface area contributed by atoms with Gasteiger partial charge in [-0.3, -0.25) is 4.79 Å². The van der Waals surface area contributed by atoms with Crippen LogP contribution in [0.4, 0.5) is 0 Å². The van der Waals surface area contributed by atoms with Crippen molar-refractivity contribution in [3.8, 4) is 5.75 Å². The Balaban J connectivity index is 1.55. The maximum Gasteiger partial charge on any atom is 0.230 e. The van der Waals surface area contributed by atoms with Crippen molar-refractivity contribution < 1.29 is 9.53 Å². The van der Waals surface area contributed by atoms with Crippen molar-refractivity contribution in [2.45, 2.75) is 69.7 Å². The van der Waals surface area contributed by atoms with E-state index in [0.717, 1.165) is 24.2 Å². The van der Waals surface area contributed by atoms with E-state index in [1.54, 1.807) is 0 Å². The molecule has 1 saturated carbocycles. The number of carbonyl (C=O) groups excluding carboxylic acids is 1. The first kappa shape index (κ1) is 22.0. The van der Waals surface area contributed by atoms with Crippen LogP contribution in [0.1, 0.15) is 62.9 Å². The molecule has 0 aliphatic heterocycles. The monoisotopic (exact) mass is 436 g/mol. The number of hydrogen-bond acceptors (Lipinski definition) is 5. The van der Waals surface area contributed by atoms with Gasteiger partial charge in [-0.05, 0) is 50.5 Å². The lowest BCUT2D eigenvalue weighted by molar-refractivity contribution is -0.119. The van der Waals surface area contributed by atoms with Gasteiger partial charge < -0.3 is 14.6 Å². The van der Waals surface area contributed by atoms with Crippen LogP contribution >= 0.6 is 23.4 Å². The number of carbonyl (C=O) groups is 1. The quantitative estimate of drug-likeness (QED) is 0.496. The van der Waals surface area contributed by atoms with Gasteiger partial charge in [0.05, 0.1) is 5.75 Å². The van der Waals surface area contributed by atoms with Crippen LogP contribution < -0.4 is 10.1 Å². The fourth-order valence-electron chi connectivity index (χ4n) is 3.62. The number of halogens is 1. The third-order valence-electron chi connectivity index (χ3n) is 5.23. The lowest BCUT2D eigenvalue weighted by Crippen LogP contribution is -2.35. The molecule has 8 heteroatoms. The first-order valence-electron chi connectivity index (χ1n) is 10.2. The van der Waals surface area contributed by atoms with Gasteiger partial charge in [-0.2, -0.15) is 0 Å². The fourth-order valence-corrected chi connectivity index (χ4v) is 4.57. The summed E-state index contributed by atoms with van der Waals surface area (Å²) >= 11 is 7.41. The van der Waals surface area contributed by atoms with Crippen molar-refractivity contribution in [3.05, 3.63) is 34.6 Å². The zero-order chi connectivity index (χ0) is 20.8. The van der Waals surface area contributed by atoms with E-state index in [2.05, 4.69) is 15.5 Å². The van der Waals surface area contributed by atoms with Crippen molar-refractivity contribution in [2.24, 2.45) is 7.05 Å². The van der Waals surface area contributed by atoms with E-state index in [1.807, 2.05) is 43.7 Å². The van der Waals surface area contributed by atoms with Gasteiger partial charge in [0.15, 0.2) is 17.1 Å². The van der Waals surface area contributed by atoms with Crippen molar-refractivity contribution >= 4 is 29.3 Å². The van der Waals surface area contributed by atoms with Crippen molar-refractivity contribution in [1.82, 2.24) is 20.1 Å². The smallest absolute Gasteiger partial charge is 0.230 e. The van der Waals surface area contributed by atoms with Crippen LogP contribution in [-0.2, 0) is 11.8 Å². The van der Waals surface area contributed by atoms with Crippen molar-refractivity contribution in [2.75, 3.05) is 5.75 Å². The summed E-state index contributed by atoms with van der Waals surface area (Å²) < 4.78 is 7.94. The minimum Gasteiger partial charge on any atom is -0.482 e. The minimum absolute atomic E-state index is 0.0625. The number of amides is 1. The Morgan fingerprint density at radius 3 is 2.72 bits per heavy atom. The zero-order valence-electron chi connectivity index (χ0n) is 17.3. The molecule has 1 amide bonds. The second-order valence-electron chi connectivity index (χ2n) is 7.61. The molecule has 1 fully saturated rings. The van der Waals surface area contributed by atoms with Crippen molar-refractivity contribution in [1.29, 1.82) is 0 Å². The van der Waals surface area contributed by atoms with E-state index in [-0.39, 0.29) is 12.0 Å². The van der Waals surface area contributed by atoms with Gasteiger partial charge in [0.25, 0.3) is 0 Å². The van der Waals surface area contributed by atoms with E-state index in [0.29, 0.717) is 27.8 Å². The summed E-state index contributed by atoms with van der Waals surface area (Å²) in [6.45, 7) is 3.89. The number of thioether (sulfide) groups is 1. The van der Waals surface area contributed by atoms with E-state index < -0.39 is 0 Å². The average molecular weight is 437 g/mol. The molecule has 1 heterocycles. The van der Waals surface area contributed by atoms with E-state index in [1.165, 1.54) is 37.4 Å². The van der Waals surface area contributed by atoms with E-state index >= 15 is 0 Å². The van der Waals surface area contributed by atoms with E-state index in [9.17, 15) is 4.79 Å². The number of nitrogens with one attached hydrogen (secondary N) is 1. The molecule has 1 aliphatic rings. The van der Waals surface area contributed by atoms with Gasteiger partial charge in [0.1, 0.15) is 5.75 Å². The lowest BCUT2D eigenvalue weighted by atomic mass is 10.1. The summed E-state index contributed by atoms with van der Waals surface area (Å²) in [4.78, 5) is 12.3. The van der Waals surface area contributed by atoms with Crippen LogP contribution in [0.3, 0.4) is 0 Å². The van der Waals surface area contributed by atoms with E-state index in [4.69, 9.17) is 16.3 Å². The summed E-state index contributed by atoms with van der Waals surface area (Å²) in [6.07, 6.45) is 6.86. The number of ether oxygens (including phenoxy) is 1. The molecule has 3 rings (SSSR count). The molecule has 1 N–H and O–H groups in total. The lowest BCUT2D eigenvalue weighted by Gasteiger charge is -2.16. The highest BCUT2D eigenvalue weighted by Crippen LogP contribution is 2.27. The highest BCUT2D eigenvalue weighted by Gasteiger charge is 2.20. The Labute approximate surface area is 181 Å². The molecule has 158 valence electrons. The first-order valence-corrected chi connectivity index (χ1v) is 11.5. The summed E-state index contributed by atoms with van der Waals surface area (Å²) in [5.41, 5.74) is 0.969. The number of aryl methyl sites for hydroxylation is 1. The predicted molar refractivity (Wildman–Crippen MR) is 117 cm³/mol. The van der Waals surface area contributed by atoms with Gasteiger partial charge in [-0.1, -0.05) is 49.0 Å². The number of nitrogens with zero attached hydrogens (tertiary/aromatic N) is 3. The number of benzene rings is 1. The molecule has 1 aromatic heterocycles. The summed E-state index contributed by atoms with van der Waals surface area (Å²) in [7, 11) is 1.90. The highest BCUT2D eigenvalue weighted by molar-refractivity contribution is 7.99. The Hall–Kier alpha value is -1.73. The molecule has 6 nitrogen and oxygen atoms in total. The molecule has 1 aromatic carbocycles. The zero-order valence-corrected chi connectivity index (χ0v) is 18.9. The second-order valence-corrected chi connectivity index (χ2v) is 8.99. The first-order chi connectivity index (χ1) is 13.9. The highest BCUT2D eigenvalue weighted by atomic mass is 35.5. The average Bonchev–Trinajstić information content (AvgIpc) is 2.87. The van der Waals surface area contributed by atoms with Crippen LogP contribution in [-0.4, -0.2) is 32.5 Å². The van der Waals surface area contributed by atoms with Crippen LogP contribution in [0.15, 0.2) is 23.4 Å². The van der Waals surface area contributed by atoms with Gasteiger partial charge >= 0.3 is 0 Å². The number of hydrogen-bond donors (Lipinski definition) is 1. The summed E-state index contributed by atoms with van der Waals surface area (Å²) in [5.74, 6) is 1.88. The molecular formula is C21H29ClN4O2S. The summed E-state index contributed by atoms with van der Waals surface area (Å²) in [6, 6.07) is 5.85. The molecule has 29 heavy (non-hydrogen) atoms. The molecule has 0 radical (unpaired) electrons. The molecule has 0 spiro atoms. The summed E-state index contributed by atoms with van der Waals surface area (Å²) in [5, 5.41) is 13.1. The molecule has 1 aliphatic carbocycles. The van der Waals surface area contributed by atoms with Crippen LogP contribution in [0.25, 0.3) is 0 Å². The third kappa shape index (κ3) is 6.12. The Kier molecular flexibility index (Phi) is 7.84. The Morgan fingerprint density at radius 2 is 2.03 bits per heavy atom. The predicted octanol–water partition coefficient (Wildman–Crippen LogP) is 4.85. The number of aromatic nitrogens is 3. The van der Waals surface area contributed by atoms with Crippen LogP contribution in [0.2, 0.25) is 5.02 Å². The largest absolute Gasteiger partial charge is 0.482 e. The maximum absolute atomic E-state index is 12.3. The minimum atomic E-state index is -0.276. The topological polar surface area (TPSA) is 69.0 Å². The van der Waals surface area contributed by atoms with Crippen LogP contribution in [0, 0.1) is 6.92 Å². The molecule has 1 atom stereocenters. The normalized spacial score (nSPS) is 16.3. The molecule has 1 unspecified atom stereocenters. The Morgan fingerprint density at radius 1 is 1.31 bits per heavy atom. The molecular weight excluding hydrogens is 408 g/mol. The van der Waals surface area contributed by atoms with Crippen molar-refractivity contribution in [3.63, 3.8) is 0 Å². The SMILES string of the molecule is Cc1cc(Cl)ccc1OC(C)c1nnc(SCC(=O)NC2CCCCCC2)n1C. The second kappa shape index (κ2) is 10.3. The Bertz CT molecular complexity index is 834. The molecule has 2 aromatic rings. The van der Waals surface area contributed by atoms with Crippen LogP contribution in [0.5, 0.6) is 5.75 Å². The van der Waals surface area contributed by atoms with Gasteiger partial charge in [-0.25, -0.2) is 0 Å².